The number of nitrogens with two attached hydrogens (primary N) is 1. The molecule has 112 valence electrons. The van der Waals surface area contributed by atoms with Crippen LogP contribution in [0.5, 0.6) is 5.75 Å². The highest BCUT2D eigenvalue weighted by Crippen LogP contribution is 2.34. The Morgan fingerprint density at radius 3 is 2.65 bits per heavy atom. The van der Waals surface area contributed by atoms with Crippen molar-refractivity contribution in [3.63, 3.8) is 0 Å². The molecule has 0 aromatic heterocycles. The van der Waals surface area contributed by atoms with Crippen molar-refractivity contribution in [3.8, 4) is 5.75 Å². The number of likely N-dealkylation sites (tertiary alicyclic amines) is 1. The normalized spacial score (nSPS) is 21.5. The smallest absolute Gasteiger partial charge is 0.416 e. The van der Waals surface area contributed by atoms with Crippen molar-refractivity contribution in [2.75, 3.05) is 25.9 Å². The Balaban J connectivity index is 2.06. The van der Waals surface area contributed by atoms with E-state index in [2.05, 4.69) is 11.9 Å². The number of anilines is 1. The van der Waals surface area contributed by atoms with E-state index in [4.69, 9.17) is 10.5 Å². The number of hydrogen-bond donors (Lipinski definition) is 1. The molecule has 1 aliphatic heterocycles. The van der Waals surface area contributed by atoms with Crippen molar-refractivity contribution < 1.29 is 17.9 Å². The van der Waals surface area contributed by atoms with Gasteiger partial charge in [-0.2, -0.15) is 13.2 Å². The van der Waals surface area contributed by atoms with E-state index in [0.29, 0.717) is 5.75 Å². The minimum Gasteiger partial charge on any atom is -0.488 e. The number of hydrogen-bond acceptors (Lipinski definition) is 3. The number of halogens is 3. The summed E-state index contributed by atoms with van der Waals surface area (Å²) in [7, 11) is 2.05. The third kappa shape index (κ3) is 3.79. The predicted molar refractivity (Wildman–Crippen MR) is 71.6 cm³/mol. The molecule has 2 rings (SSSR count). The predicted octanol–water partition coefficient (Wildman–Crippen LogP) is 3.15. The summed E-state index contributed by atoms with van der Waals surface area (Å²) in [6.45, 7) is 1.94. The van der Waals surface area contributed by atoms with Gasteiger partial charge < -0.3 is 15.4 Å². The molecule has 20 heavy (non-hydrogen) atoms. The maximum atomic E-state index is 12.6. The second-order valence-corrected chi connectivity index (χ2v) is 5.22. The van der Waals surface area contributed by atoms with Crippen LogP contribution < -0.4 is 10.5 Å². The fourth-order valence-corrected chi connectivity index (χ4v) is 2.34. The van der Waals surface area contributed by atoms with Crippen LogP contribution in [0.4, 0.5) is 18.9 Å². The average molecular weight is 288 g/mol. The van der Waals surface area contributed by atoms with E-state index in [1.807, 2.05) is 0 Å². The summed E-state index contributed by atoms with van der Waals surface area (Å²) in [4.78, 5) is 2.22. The first-order valence-corrected chi connectivity index (χ1v) is 6.68. The van der Waals surface area contributed by atoms with Gasteiger partial charge in [-0.05, 0) is 51.1 Å². The van der Waals surface area contributed by atoms with Gasteiger partial charge in [0.05, 0.1) is 11.3 Å². The SMILES string of the molecule is CN1CCCC(Oc2ccc(C(F)(F)F)cc2N)CC1. The zero-order valence-electron chi connectivity index (χ0n) is 11.4. The highest BCUT2D eigenvalue weighted by molar-refractivity contribution is 5.54. The molecular formula is C14H19F3N2O. The molecule has 1 atom stereocenters. The average Bonchev–Trinajstić information content (AvgIpc) is 2.56. The summed E-state index contributed by atoms with van der Waals surface area (Å²) in [5, 5.41) is 0. The summed E-state index contributed by atoms with van der Waals surface area (Å²) < 4.78 is 43.4. The molecule has 0 spiro atoms. The van der Waals surface area contributed by atoms with E-state index in [9.17, 15) is 13.2 Å². The van der Waals surface area contributed by atoms with E-state index in [0.717, 1.165) is 44.5 Å². The number of benzene rings is 1. The Morgan fingerprint density at radius 1 is 1.25 bits per heavy atom. The van der Waals surface area contributed by atoms with Crippen molar-refractivity contribution in [2.24, 2.45) is 0 Å². The van der Waals surface area contributed by atoms with Crippen LogP contribution in [0.2, 0.25) is 0 Å². The van der Waals surface area contributed by atoms with E-state index >= 15 is 0 Å². The van der Waals surface area contributed by atoms with Crippen molar-refractivity contribution in [1.29, 1.82) is 0 Å². The molecule has 0 radical (unpaired) electrons. The summed E-state index contributed by atoms with van der Waals surface area (Å²) in [6, 6.07) is 3.25. The van der Waals surface area contributed by atoms with Gasteiger partial charge in [-0.3, -0.25) is 0 Å². The van der Waals surface area contributed by atoms with Crippen LogP contribution in [0.1, 0.15) is 24.8 Å². The molecule has 1 unspecified atom stereocenters. The van der Waals surface area contributed by atoms with Crippen molar-refractivity contribution in [1.82, 2.24) is 4.90 Å². The van der Waals surface area contributed by atoms with Crippen LogP contribution in [0.25, 0.3) is 0 Å². The van der Waals surface area contributed by atoms with Crippen LogP contribution in [-0.4, -0.2) is 31.1 Å². The molecule has 0 amide bonds. The molecule has 1 aromatic carbocycles. The highest BCUT2D eigenvalue weighted by atomic mass is 19.4. The molecule has 1 heterocycles. The molecule has 1 saturated heterocycles. The van der Waals surface area contributed by atoms with Crippen LogP contribution in [0, 0.1) is 0 Å². The zero-order valence-corrected chi connectivity index (χ0v) is 11.4. The van der Waals surface area contributed by atoms with Crippen LogP contribution >= 0.6 is 0 Å². The molecule has 1 aromatic rings. The Bertz CT molecular complexity index is 462. The molecule has 6 heteroatoms. The van der Waals surface area contributed by atoms with Crippen molar-refractivity contribution >= 4 is 5.69 Å². The largest absolute Gasteiger partial charge is 0.488 e. The minimum absolute atomic E-state index is 0.0130. The van der Waals surface area contributed by atoms with E-state index in [1.54, 1.807) is 0 Å². The first-order valence-electron chi connectivity index (χ1n) is 6.68. The molecule has 0 aliphatic carbocycles. The Hall–Kier alpha value is -1.43. The van der Waals surface area contributed by atoms with E-state index in [1.165, 1.54) is 6.07 Å². The van der Waals surface area contributed by atoms with Crippen molar-refractivity contribution in [2.45, 2.75) is 31.5 Å². The Labute approximate surface area is 116 Å². The number of alkyl halides is 3. The third-order valence-electron chi connectivity index (χ3n) is 3.53. The number of nitrogen functional groups attached to an aromatic ring is 1. The lowest BCUT2D eigenvalue weighted by Gasteiger charge is -2.19. The van der Waals surface area contributed by atoms with Crippen molar-refractivity contribution in [3.05, 3.63) is 23.8 Å². The first kappa shape index (κ1) is 15.0. The van der Waals surface area contributed by atoms with E-state index < -0.39 is 11.7 Å². The number of rotatable bonds is 2. The fraction of sp³-hybridized carbons (Fsp3) is 0.571. The molecule has 3 nitrogen and oxygen atoms in total. The molecule has 2 N–H and O–H groups in total. The van der Waals surface area contributed by atoms with Gasteiger partial charge >= 0.3 is 6.18 Å². The van der Waals surface area contributed by atoms with Crippen LogP contribution in [0.3, 0.4) is 0 Å². The lowest BCUT2D eigenvalue weighted by molar-refractivity contribution is -0.137. The van der Waals surface area contributed by atoms with Crippen LogP contribution in [0.15, 0.2) is 18.2 Å². The van der Waals surface area contributed by atoms with Gasteiger partial charge in [-0.1, -0.05) is 0 Å². The van der Waals surface area contributed by atoms with Crippen LogP contribution in [-0.2, 0) is 6.18 Å². The minimum atomic E-state index is -4.38. The second kappa shape index (κ2) is 5.91. The maximum Gasteiger partial charge on any atom is 0.416 e. The van der Waals surface area contributed by atoms with Gasteiger partial charge in [0.15, 0.2) is 0 Å². The third-order valence-corrected chi connectivity index (χ3v) is 3.53. The lowest BCUT2D eigenvalue weighted by Crippen LogP contribution is -2.21. The van der Waals surface area contributed by atoms with Gasteiger partial charge in [0.1, 0.15) is 11.9 Å². The van der Waals surface area contributed by atoms with Gasteiger partial charge in [0.25, 0.3) is 0 Å². The number of ether oxygens (including phenoxy) is 1. The topological polar surface area (TPSA) is 38.5 Å². The second-order valence-electron chi connectivity index (χ2n) is 5.22. The maximum absolute atomic E-state index is 12.6. The Kier molecular flexibility index (Phi) is 4.42. The van der Waals surface area contributed by atoms with Gasteiger partial charge in [-0.25, -0.2) is 0 Å². The summed E-state index contributed by atoms with van der Waals surface area (Å²) >= 11 is 0. The molecule has 1 fully saturated rings. The fourth-order valence-electron chi connectivity index (χ4n) is 2.34. The molecular weight excluding hydrogens is 269 g/mol. The first-order chi connectivity index (χ1) is 9.36. The Morgan fingerprint density at radius 2 is 2.00 bits per heavy atom. The van der Waals surface area contributed by atoms with Gasteiger partial charge in [-0.15, -0.1) is 0 Å². The van der Waals surface area contributed by atoms with E-state index in [-0.39, 0.29) is 11.8 Å². The molecule has 1 aliphatic rings. The monoisotopic (exact) mass is 288 g/mol. The summed E-state index contributed by atoms with van der Waals surface area (Å²) in [5.74, 6) is 0.340. The van der Waals surface area contributed by atoms with Gasteiger partial charge in [0, 0.05) is 6.54 Å². The molecule has 0 saturated carbocycles. The quantitative estimate of drug-likeness (QED) is 0.850. The molecule has 0 bridgehead atoms. The van der Waals surface area contributed by atoms with Gasteiger partial charge in [0.2, 0.25) is 0 Å². The number of nitrogens with zero attached hydrogens (tertiary/aromatic N) is 1. The standard InChI is InChI=1S/C14H19F3N2O/c1-19-7-2-3-11(6-8-19)20-13-5-4-10(9-12(13)18)14(15,16)17/h4-5,9,11H,2-3,6-8,18H2,1H3. The summed E-state index contributed by atoms with van der Waals surface area (Å²) in [6.07, 6.45) is -1.60. The summed E-state index contributed by atoms with van der Waals surface area (Å²) in [5.41, 5.74) is 4.96. The highest BCUT2D eigenvalue weighted by Gasteiger charge is 2.31. The zero-order chi connectivity index (χ0) is 14.8. The lowest BCUT2D eigenvalue weighted by atomic mass is 10.1.